The van der Waals surface area contributed by atoms with Crippen molar-refractivity contribution in [1.82, 2.24) is 14.5 Å². The van der Waals surface area contributed by atoms with Gasteiger partial charge in [-0.15, -0.1) is 6.58 Å². The smallest absolute Gasteiger partial charge is 0.148 e. The topological polar surface area (TPSA) is 39.9 Å². The number of rotatable bonds is 2. The Morgan fingerprint density at radius 1 is 1.50 bits per heavy atom. The first kappa shape index (κ1) is 12.1. The molecule has 1 saturated heterocycles. The maximum absolute atomic E-state index is 6.09. The van der Waals surface area contributed by atoms with Crippen LogP contribution in [-0.2, 0) is 4.74 Å². The highest BCUT2D eigenvalue weighted by Gasteiger charge is 2.26. The normalized spacial score (nSPS) is 23.7. The van der Waals surface area contributed by atoms with Crippen LogP contribution in [0, 0.1) is 0 Å². The van der Waals surface area contributed by atoms with Gasteiger partial charge in [0.05, 0.1) is 11.5 Å². The van der Waals surface area contributed by atoms with Crippen LogP contribution in [0.15, 0.2) is 29.7 Å². The standard InChI is InChI=1S/C12H11BrClN3O/c1-2-7-3-4-9(18-7)17-5-8(13)10-11(14)15-6-16-12(10)17/h2,5-7,9H,1,3-4H2. The molecule has 1 aliphatic heterocycles. The lowest BCUT2D eigenvalue weighted by molar-refractivity contribution is 0.0263. The summed E-state index contributed by atoms with van der Waals surface area (Å²) >= 11 is 9.57. The van der Waals surface area contributed by atoms with Crippen LogP contribution in [0.3, 0.4) is 0 Å². The lowest BCUT2D eigenvalue weighted by atomic mass is 10.2. The van der Waals surface area contributed by atoms with Gasteiger partial charge in [-0.05, 0) is 28.8 Å². The van der Waals surface area contributed by atoms with Crippen molar-refractivity contribution in [3.05, 3.63) is 34.8 Å². The number of hydrogen-bond acceptors (Lipinski definition) is 3. The molecule has 6 heteroatoms. The molecule has 1 fully saturated rings. The minimum absolute atomic E-state index is 0.0206. The molecule has 18 heavy (non-hydrogen) atoms. The summed E-state index contributed by atoms with van der Waals surface area (Å²) in [7, 11) is 0. The highest BCUT2D eigenvalue weighted by atomic mass is 79.9. The Morgan fingerprint density at radius 2 is 2.33 bits per heavy atom. The van der Waals surface area contributed by atoms with E-state index in [1.165, 1.54) is 6.33 Å². The van der Waals surface area contributed by atoms with Crippen LogP contribution in [0.4, 0.5) is 0 Å². The van der Waals surface area contributed by atoms with E-state index in [4.69, 9.17) is 16.3 Å². The lowest BCUT2D eigenvalue weighted by Crippen LogP contribution is -2.09. The minimum Gasteiger partial charge on any atom is -0.351 e. The van der Waals surface area contributed by atoms with Crippen molar-refractivity contribution in [2.45, 2.75) is 25.2 Å². The lowest BCUT2D eigenvalue weighted by Gasteiger charge is -2.13. The molecule has 0 bridgehead atoms. The zero-order valence-electron chi connectivity index (χ0n) is 9.51. The van der Waals surface area contributed by atoms with Crippen molar-refractivity contribution in [2.24, 2.45) is 0 Å². The molecule has 2 aromatic rings. The second-order valence-electron chi connectivity index (χ2n) is 4.19. The third kappa shape index (κ3) is 1.86. The number of aromatic nitrogens is 3. The van der Waals surface area contributed by atoms with Gasteiger partial charge in [-0.2, -0.15) is 0 Å². The third-order valence-electron chi connectivity index (χ3n) is 3.12. The van der Waals surface area contributed by atoms with E-state index < -0.39 is 0 Å². The molecule has 0 amide bonds. The fourth-order valence-electron chi connectivity index (χ4n) is 2.25. The monoisotopic (exact) mass is 327 g/mol. The second-order valence-corrected chi connectivity index (χ2v) is 5.40. The van der Waals surface area contributed by atoms with E-state index in [2.05, 4.69) is 32.5 Å². The van der Waals surface area contributed by atoms with Crippen LogP contribution >= 0.6 is 27.5 Å². The average Bonchev–Trinajstić information content (AvgIpc) is 2.94. The van der Waals surface area contributed by atoms with Crippen molar-refractivity contribution < 1.29 is 4.74 Å². The van der Waals surface area contributed by atoms with Crippen molar-refractivity contribution >= 4 is 38.6 Å². The zero-order chi connectivity index (χ0) is 12.7. The fourth-order valence-corrected chi connectivity index (χ4v) is 3.18. The molecular formula is C12H11BrClN3O. The maximum Gasteiger partial charge on any atom is 0.148 e. The molecule has 2 atom stereocenters. The molecule has 1 aliphatic rings. The Bertz CT molecular complexity index is 613. The number of ether oxygens (including phenoxy) is 1. The van der Waals surface area contributed by atoms with Crippen LogP contribution in [0.5, 0.6) is 0 Å². The summed E-state index contributed by atoms with van der Waals surface area (Å²) in [5.41, 5.74) is 0.789. The van der Waals surface area contributed by atoms with Gasteiger partial charge >= 0.3 is 0 Å². The quantitative estimate of drug-likeness (QED) is 0.623. The van der Waals surface area contributed by atoms with Crippen molar-refractivity contribution in [3.63, 3.8) is 0 Å². The predicted octanol–water partition coefficient (Wildman–Crippen LogP) is 3.71. The average molecular weight is 329 g/mol. The molecular weight excluding hydrogens is 318 g/mol. The number of hydrogen-bond donors (Lipinski definition) is 0. The maximum atomic E-state index is 6.09. The second kappa shape index (κ2) is 4.64. The Kier molecular flexibility index (Phi) is 3.13. The van der Waals surface area contributed by atoms with Crippen LogP contribution in [0.25, 0.3) is 11.0 Å². The summed E-state index contributed by atoms with van der Waals surface area (Å²) in [6, 6.07) is 0. The van der Waals surface area contributed by atoms with E-state index in [0.717, 1.165) is 28.3 Å². The van der Waals surface area contributed by atoms with E-state index >= 15 is 0 Å². The molecule has 0 spiro atoms. The van der Waals surface area contributed by atoms with Gasteiger partial charge in [0.1, 0.15) is 23.4 Å². The van der Waals surface area contributed by atoms with Gasteiger partial charge in [0.15, 0.2) is 0 Å². The van der Waals surface area contributed by atoms with Gasteiger partial charge in [-0.1, -0.05) is 17.7 Å². The molecule has 0 N–H and O–H groups in total. The molecule has 0 aromatic carbocycles. The third-order valence-corrected chi connectivity index (χ3v) is 4.01. The first-order valence-electron chi connectivity index (χ1n) is 5.65. The summed E-state index contributed by atoms with van der Waals surface area (Å²) < 4.78 is 8.76. The summed E-state index contributed by atoms with van der Waals surface area (Å²) in [6.07, 6.45) is 7.26. The Morgan fingerprint density at radius 3 is 3.06 bits per heavy atom. The first-order chi connectivity index (χ1) is 8.70. The van der Waals surface area contributed by atoms with Crippen LogP contribution in [-0.4, -0.2) is 20.6 Å². The van der Waals surface area contributed by atoms with Crippen molar-refractivity contribution in [3.8, 4) is 0 Å². The van der Waals surface area contributed by atoms with Crippen molar-refractivity contribution in [2.75, 3.05) is 0 Å². The highest BCUT2D eigenvalue weighted by molar-refractivity contribution is 9.10. The SMILES string of the molecule is C=CC1CCC(n2cc(Br)c3c(Cl)ncnc32)O1. The van der Waals surface area contributed by atoms with Crippen molar-refractivity contribution in [1.29, 1.82) is 0 Å². The van der Waals surface area contributed by atoms with Gasteiger partial charge in [-0.25, -0.2) is 9.97 Å². The molecule has 0 saturated carbocycles. The van der Waals surface area contributed by atoms with Gasteiger partial charge in [-0.3, -0.25) is 0 Å². The Hall–Kier alpha value is -0.910. The first-order valence-corrected chi connectivity index (χ1v) is 6.82. The Balaban J connectivity index is 2.08. The van der Waals surface area contributed by atoms with Crippen LogP contribution < -0.4 is 0 Å². The van der Waals surface area contributed by atoms with Gasteiger partial charge in [0.2, 0.25) is 0 Å². The zero-order valence-corrected chi connectivity index (χ0v) is 11.9. The summed E-state index contributed by atoms with van der Waals surface area (Å²) in [4.78, 5) is 8.28. The molecule has 0 aliphatic carbocycles. The van der Waals surface area contributed by atoms with E-state index in [0.29, 0.717) is 5.15 Å². The highest BCUT2D eigenvalue weighted by Crippen LogP contribution is 2.36. The van der Waals surface area contributed by atoms with E-state index in [-0.39, 0.29) is 12.3 Å². The molecule has 0 radical (unpaired) electrons. The summed E-state index contributed by atoms with van der Waals surface area (Å²) in [5, 5.41) is 1.27. The van der Waals surface area contributed by atoms with E-state index in [9.17, 15) is 0 Å². The predicted molar refractivity (Wildman–Crippen MR) is 73.6 cm³/mol. The molecule has 4 nitrogen and oxygen atoms in total. The molecule has 3 heterocycles. The number of fused-ring (bicyclic) bond motifs is 1. The van der Waals surface area contributed by atoms with Crippen LogP contribution in [0.1, 0.15) is 19.1 Å². The van der Waals surface area contributed by atoms with Gasteiger partial charge < -0.3 is 9.30 Å². The largest absolute Gasteiger partial charge is 0.351 e. The number of nitrogens with zero attached hydrogens (tertiary/aromatic N) is 3. The van der Waals surface area contributed by atoms with E-state index in [1.807, 2.05) is 16.8 Å². The molecule has 2 unspecified atom stereocenters. The molecule has 94 valence electrons. The van der Waals surface area contributed by atoms with Gasteiger partial charge in [0.25, 0.3) is 0 Å². The summed E-state index contributed by atoms with van der Waals surface area (Å²) in [5.74, 6) is 0. The Labute approximate surface area is 118 Å². The molecule has 3 rings (SSSR count). The fraction of sp³-hybridized carbons (Fsp3) is 0.333. The number of halogens is 2. The van der Waals surface area contributed by atoms with E-state index in [1.54, 1.807) is 0 Å². The summed E-state index contributed by atoms with van der Waals surface area (Å²) in [6.45, 7) is 3.76. The minimum atomic E-state index is -0.0206. The van der Waals surface area contributed by atoms with Gasteiger partial charge in [0, 0.05) is 10.7 Å². The molecule has 2 aromatic heterocycles. The van der Waals surface area contributed by atoms with Crippen LogP contribution in [0.2, 0.25) is 5.15 Å².